The van der Waals surface area contributed by atoms with Crippen molar-refractivity contribution >= 4 is 6.09 Å². The zero-order valence-electron chi connectivity index (χ0n) is 8.42. The Hall–Kier alpha value is -1.85. The van der Waals surface area contributed by atoms with E-state index in [1.54, 1.807) is 0 Å². The summed E-state index contributed by atoms with van der Waals surface area (Å²) in [5.74, 6) is -1.62. The lowest BCUT2D eigenvalue weighted by atomic mass is 10.1. The second kappa shape index (κ2) is 3.96. The van der Waals surface area contributed by atoms with Crippen LogP contribution in [0.2, 0.25) is 0 Å². The number of benzene rings is 1. The number of nitrogens with one attached hydrogen (secondary N) is 1. The number of cyclic esters (lactones) is 1. The van der Waals surface area contributed by atoms with Gasteiger partial charge in [0, 0.05) is 11.6 Å². The third-order valence-electron chi connectivity index (χ3n) is 2.29. The van der Waals surface area contributed by atoms with Crippen molar-refractivity contribution in [3.8, 4) is 5.75 Å². The van der Waals surface area contributed by atoms with Crippen LogP contribution in [0.1, 0.15) is 11.6 Å². The molecule has 6 heteroatoms. The number of halogens is 2. The van der Waals surface area contributed by atoms with Crippen LogP contribution < -0.4 is 10.1 Å². The summed E-state index contributed by atoms with van der Waals surface area (Å²) in [4.78, 5) is 10.8. The first kappa shape index (κ1) is 10.7. The van der Waals surface area contributed by atoms with Crippen LogP contribution in [-0.2, 0) is 4.74 Å². The maximum Gasteiger partial charge on any atom is 0.407 e. The largest absolute Gasteiger partial charge is 0.493 e. The van der Waals surface area contributed by atoms with Gasteiger partial charge in [-0.05, 0) is 6.07 Å². The first-order chi connectivity index (χ1) is 7.61. The summed E-state index contributed by atoms with van der Waals surface area (Å²) >= 11 is 0. The minimum Gasteiger partial charge on any atom is -0.493 e. The Kier molecular flexibility index (Phi) is 2.64. The Morgan fingerprint density at radius 3 is 2.81 bits per heavy atom. The Balaban J connectivity index is 2.42. The molecular formula is C10H9F2NO3. The molecular weight excluding hydrogens is 220 g/mol. The Labute approximate surface area is 90.2 Å². The first-order valence-corrected chi connectivity index (χ1v) is 4.58. The first-order valence-electron chi connectivity index (χ1n) is 4.58. The van der Waals surface area contributed by atoms with Gasteiger partial charge in [0.15, 0.2) is 11.6 Å². The maximum atomic E-state index is 13.3. The molecule has 0 radical (unpaired) electrons. The normalized spacial score (nSPS) is 19.2. The van der Waals surface area contributed by atoms with Crippen LogP contribution in [0.25, 0.3) is 0 Å². The van der Waals surface area contributed by atoms with Gasteiger partial charge in [-0.1, -0.05) is 0 Å². The molecule has 0 saturated carbocycles. The lowest BCUT2D eigenvalue weighted by molar-refractivity contribution is 0.176. The van der Waals surface area contributed by atoms with Crippen molar-refractivity contribution in [1.29, 1.82) is 0 Å². The number of rotatable bonds is 2. The minimum absolute atomic E-state index is 0.0259. The van der Waals surface area contributed by atoms with Gasteiger partial charge in [-0.3, -0.25) is 0 Å². The fourth-order valence-electron chi connectivity index (χ4n) is 1.61. The third kappa shape index (κ3) is 1.78. The highest BCUT2D eigenvalue weighted by Gasteiger charge is 2.28. The van der Waals surface area contributed by atoms with Gasteiger partial charge in [0.05, 0.1) is 13.2 Å². The van der Waals surface area contributed by atoms with Gasteiger partial charge >= 0.3 is 6.09 Å². The number of alkyl carbamates (subject to hydrolysis) is 1. The molecule has 1 aliphatic heterocycles. The number of methoxy groups -OCH3 is 1. The lowest BCUT2D eigenvalue weighted by Gasteiger charge is -2.13. The van der Waals surface area contributed by atoms with Gasteiger partial charge in [-0.25, -0.2) is 13.6 Å². The van der Waals surface area contributed by atoms with Crippen LogP contribution in [0.5, 0.6) is 5.75 Å². The van der Waals surface area contributed by atoms with E-state index in [9.17, 15) is 13.6 Å². The highest BCUT2D eigenvalue weighted by atomic mass is 19.1. The van der Waals surface area contributed by atoms with Gasteiger partial charge in [0.1, 0.15) is 12.4 Å². The summed E-state index contributed by atoms with van der Waals surface area (Å²) < 4.78 is 35.9. The van der Waals surface area contributed by atoms with E-state index in [1.165, 1.54) is 7.11 Å². The van der Waals surface area contributed by atoms with Crippen LogP contribution in [0.15, 0.2) is 12.1 Å². The van der Waals surface area contributed by atoms with E-state index in [1.807, 2.05) is 0 Å². The molecule has 1 unspecified atom stereocenters. The second-order valence-corrected chi connectivity index (χ2v) is 3.31. The SMILES string of the molecule is COc1c(F)cc(F)cc1C1COC(=O)N1. The fraction of sp³-hybridized carbons (Fsp3) is 0.300. The molecule has 16 heavy (non-hydrogen) atoms. The average molecular weight is 229 g/mol. The monoisotopic (exact) mass is 229 g/mol. The van der Waals surface area contributed by atoms with Crippen molar-refractivity contribution in [2.24, 2.45) is 0 Å². The summed E-state index contributed by atoms with van der Waals surface area (Å²) in [7, 11) is 1.28. The van der Waals surface area contributed by atoms with Gasteiger partial charge in [-0.15, -0.1) is 0 Å². The highest BCUT2D eigenvalue weighted by molar-refractivity contribution is 5.70. The molecule has 0 aliphatic carbocycles. The number of hydrogen-bond acceptors (Lipinski definition) is 3. The van der Waals surface area contributed by atoms with Crippen molar-refractivity contribution in [2.45, 2.75) is 6.04 Å². The van der Waals surface area contributed by atoms with Crippen LogP contribution in [-0.4, -0.2) is 19.8 Å². The Bertz CT molecular complexity index is 436. The number of carbonyl (C=O) groups excluding carboxylic acids is 1. The summed E-state index contributed by atoms with van der Waals surface area (Å²) in [6.07, 6.45) is -0.614. The van der Waals surface area contributed by atoms with Crippen molar-refractivity contribution in [3.63, 3.8) is 0 Å². The predicted octanol–water partition coefficient (Wildman–Crippen LogP) is 1.75. The van der Waals surface area contributed by atoms with Gasteiger partial charge in [0.2, 0.25) is 0 Å². The topological polar surface area (TPSA) is 47.6 Å². The summed E-state index contributed by atoms with van der Waals surface area (Å²) in [5.41, 5.74) is 0.228. The summed E-state index contributed by atoms with van der Waals surface area (Å²) in [6, 6.07) is 1.24. The molecule has 1 fully saturated rings. The molecule has 86 valence electrons. The number of amides is 1. The molecule has 1 aliphatic rings. The smallest absolute Gasteiger partial charge is 0.407 e. The minimum atomic E-state index is -0.807. The van der Waals surface area contributed by atoms with Crippen molar-refractivity contribution in [1.82, 2.24) is 5.32 Å². The van der Waals surface area contributed by atoms with Crippen LogP contribution >= 0.6 is 0 Å². The number of ether oxygens (including phenoxy) is 2. The van der Waals surface area contributed by atoms with Gasteiger partial charge < -0.3 is 14.8 Å². The highest BCUT2D eigenvalue weighted by Crippen LogP contribution is 2.31. The van der Waals surface area contributed by atoms with E-state index in [0.717, 1.165) is 12.1 Å². The Morgan fingerprint density at radius 2 is 2.25 bits per heavy atom. The van der Waals surface area contributed by atoms with E-state index >= 15 is 0 Å². The molecule has 1 heterocycles. The molecule has 1 N–H and O–H groups in total. The lowest BCUT2D eigenvalue weighted by Crippen LogP contribution is -2.19. The van der Waals surface area contributed by atoms with Gasteiger partial charge in [-0.2, -0.15) is 0 Å². The third-order valence-corrected chi connectivity index (χ3v) is 2.29. The molecule has 0 aromatic heterocycles. The molecule has 4 nitrogen and oxygen atoms in total. The molecule has 1 amide bonds. The molecule has 1 aromatic rings. The average Bonchev–Trinajstić information content (AvgIpc) is 2.63. The van der Waals surface area contributed by atoms with Crippen LogP contribution in [0.3, 0.4) is 0 Å². The molecule has 1 aromatic carbocycles. The van der Waals surface area contributed by atoms with Crippen molar-refractivity contribution in [2.75, 3.05) is 13.7 Å². The van der Waals surface area contributed by atoms with E-state index in [2.05, 4.69) is 10.1 Å². The van der Waals surface area contributed by atoms with E-state index in [0.29, 0.717) is 0 Å². The molecule has 0 spiro atoms. The molecule has 2 rings (SSSR count). The van der Waals surface area contributed by atoms with E-state index in [4.69, 9.17) is 4.74 Å². The van der Waals surface area contributed by atoms with Crippen molar-refractivity contribution < 1.29 is 23.0 Å². The zero-order valence-corrected chi connectivity index (χ0v) is 8.42. The van der Waals surface area contributed by atoms with Crippen LogP contribution in [0.4, 0.5) is 13.6 Å². The predicted molar refractivity (Wildman–Crippen MR) is 50.1 cm³/mol. The fourth-order valence-corrected chi connectivity index (χ4v) is 1.61. The second-order valence-electron chi connectivity index (χ2n) is 3.31. The summed E-state index contributed by atoms with van der Waals surface area (Å²) in [5, 5.41) is 2.42. The van der Waals surface area contributed by atoms with E-state index in [-0.39, 0.29) is 17.9 Å². The molecule has 0 bridgehead atoms. The maximum absolute atomic E-state index is 13.3. The quantitative estimate of drug-likeness (QED) is 0.840. The summed E-state index contributed by atoms with van der Waals surface area (Å²) in [6.45, 7) is 0.0259. The standard InChI is InChI=1S/C10H9F2NO3/c1-15-9-6(2-5(11)3-7(9)12)8-4-16-10(14)13-8/h2-3,8H,4H2,1H3,(H,13,14). The zero-order chi connectivity index (χ0) is 11.7. The number of carbonyl (C=O) groups is 1. The number of hydrogen-bond donors (Lipinski definition) is 1. The van der Waals surface area contributed by atoms with Gasteiger partial charge in [0.25, 0.3) is 0 Å². The van der Waals surface area contributed by atoms with E-state index < -0.39 is 23.8 Å². The van der Waals surface area contributed by atoms with Crippen molar-refractivity contribution in [3.05, 3.63) is 29.3 Å². The Morgan fingerprint density at radius 1 is 1.50 bits per heavy atom. The molecule has 1 atom stereocenters. The van der Waals surface area contributed by atoms with Crippen LogP contribution in [0, 0.1) is 11.6 Å². The molecule has 1 saturated heterocycles.